The third-order valence-corrected chi connectivity index (χ3v) is 5.63. The number of hydrogen-bond donors (Lipinski definition) is 0. The number of amides is 1. The molecule has 24 heavy (non-hydrogen) atoms. The van der Waals surface area contributed by atoms with Gasteiger partial charge < -0.3 is 14.5 Å². The Hall–Kier alpha value is -1.55. The molecule has 1 amide bonds. The van der Waals surface area contributed by atoms with Crippen LogP contribution in [-0.4, -0.2) is 49.2 Å². The summed E-state index contributed by atoms with van der Waals surface area (Å²) in [6.07, 6.45) is 7.19. The second-order valence-corrected chi connectivity index (χ2v) is 7.46. The molecule has 4 heteroatoms. The zero-order valence-electron chi connectivity index (χ0n) is 14.4. The molecular weight excluding hydrogens is 300 g/mol. The Morgan fingerprint density at radius 3 is 2.00 bits per heavy atom. The second-order valence-electron chi connectivity index (χ2n) is 7.46. The van der Waals surface area contributed by atoms with Crippen LogP contribution in [-0.2, 0) is 9.53 Å². The zero-order valence-corrected chi connectivity index (χ0v) is 14.4. The minimum atomic E-state index is 0.349. The van der Waals surface area contributed by atoms with Gasteiger partial charge in [-0.2, -0.15) is 0 Å². The minimum absolute atomic E-state index is 0.349. The van der Waals surface area contributed by atoms with Crippen molar-refractivity contribution in [2.45, 2.75) is 50.7 Å². The van der Waals surface area contributed by atoms with E-state index >= 15 is 0 Å². The van der Waals surface area contributed by atoms with Crippen LogP contribution >= 0.6 is 0 Å². The van der Waals surface area contributed by atoms with Crippen LogP contribution in [0.25, 0.3) is 0 Å². The largest absolute Gasteiger partial charge is 0.375 e. The molecule has 3 aliphatic rings. The average molecular weight is 328 g/mol. The summed E-state index contributed by atoms with van der Waals surface area (Å²) in [5, 5.41) is 0. The van der Waals surface area contributed by atoms with Crippen molar-refractivity contribution in [3.05, 3.63) is 30.3 Å². The van der Waals surface area contributed by atoms with Gasteiger partial charge in [0.15, 0.2) is 0 Å². The SMILES string of the molecule is O=C(C1CC1)N1CCC(OC2CCN(c3ccccc3)CC2)CC1. The molecule has 1 saturated carbocycles. The smallest absolute Gasteiger partial charge is 0.225 e. The molecule has 1 aromatic rings. The Labute approximate surface area is 144 Å². The summed E-state index contributed by atoms with van der Waals surface area (Å²) in [6, 6.07) is 10.7. The molecule has 1 aliphatic carbocycles. The van der Waals surface area contributed by atoms with Crippen molar-refractivity contribution >= 4 is 11.6 Å². The Morgan fingerprint density at radius 1 is 0.833 bits per heavy atom. The molecule has 0 radical (unpaired) electrons. The van der Waals surface area contributed by atoms with E-state index in [4.69, 9.17) is 4.74 Å². The van der Waals surface area contributed by atoms with Crippen LogP contribution in [0.3, 0.4) is 0 Å². The summed E-state index contributed by atoms with van der Waals surface area (Å²) in [4.78, 5) is 16.6. The number of carbonyl (C=O) groups is 1. The summed E-state index contributed by atoms with van der Waals surface area (Å²) in [5.41, 5.74) is 1.32. The number of piperidine rings is 2. The fraction of sp³-hybridized carbons (Fsp3) is 0.650. The van der Waals surface area contributed by atoms with Crippen LogP contribution in [0.1, 0.15) is 38.5 Å². The molecule has 0 unspecified atom stereocenters. The molecule has 0 N–H and O–H groups in total. The Morgan fingerprint density at radius 2 is 1.42 bits per heavy atom. The Balaban J connectivity index is 1.20. The molecule has 2 aliphatic heterocycles. The van der Waals surface area contributed by atoms with E-state index < -0.39 is 0 Å². The first-order valence-corrected chi connectivity index (χ1v) is 9.54. The maximum atomic E-state index is 12.1. The number of anilines is 1. The molecule has 2 heterocycles. The van der Waals surface area contributed by atoms with E-state index in [0.717, 1.165) is 64.7 Å². The molecule has 0 aromatic heterocycles. The Kier molecular flexibility index (Phi) is 4.74. The number of ether oxygens (including phenoxy) is 1. The highest BCUT2D eigenvalue weighted by Gasteiger charge is 2.35. The van der Waals surface area contributed by atoms with Gasteiger partial charge >= 0.3 is 0 Å². The first-order chi connectivity index (χ1) is 11.8. The minimum Gasteiger partial charge on any atom is -0.375 e. The maximum absolute atomic E-state index is 12.1. The molecule has 3 fully saturated rings. The van der Waals surface area contributed by atoms with Gasteiger partial charge in [-0.1, -0.05) is 18.2 Å². The summed E-state index contributed by atoms with van der Waals surface area (Å²) in [5.74, 6) is 0.745. The van der Waals surface area contributed by atoms with Crippen LogP contribution in [0.4, 0.5) is 5.69 Å². The van der Waals surface area contributed by atoms with Crippen molar-refractivity contribution in [1.29, 1.82) is 0 Å². The van der Waals surface area contributed by atoms with E-state index in [9.17, 15) is 4.79 Å². The summed E-state index contributed by atoms with van der Waals surface area (Å²) < 4.78 is 6.36. The highest BCUT2D eigenvalue weighted by atomic mass is 16.5. The van der Waals surface area contributed by atoms with Crippen molar-refractivity contribution in [2.24, 2.45) is 5.92 Å². The Bertz CT molecular complexity index is 542. The van der Waals surface area contributed by atoms with E-state index in [1.165, 1.54) is 5.69 Å². The van der Waals surface area contributed by atoms with Crippen LogP contribution in [0, 0.1) is 5.92 Å². The van der Waals surface area contributed by atoms with E-state index in [0.29, 0.717) is 24.0 Å². The summed E-state index contributed by atoms with van der Waals surface area (Å²) >= 11 is 0. The van der Waals surface area contributed by atoms with Gasteiger partial charge in [0, 0.05) is 37.8 Å². The molecule has 130 valence electrons. The zero-order chi connectivity index (χ0) is 16.4. The predicted octanol–water partition coefficient (Wildman–Crippen LogP) is 3.07. The van der Waals surface area contributed by atoms with Crippen LogP contribution < -0.4 is 4.90 Å². The number of nitrogens with zero attached hydrogens (tertiary/aromatic N) is 2. The van der Waals surface area contributed by atoms with Gasteiger partial charge in [-0.05, 0) is 50.7 Å². The maximum Gasteiger partial charge on any atom is 0.225 e. The first kappa shape index (κ1) is 15.9. The lowest BCUT2D eigenvalue weighted by atomic mass is 10.0. The fourth-order valence-corrected chi connectivity index (χ4v) is 3.96. The number of para-hydroxylation sites is 1. The number of likely N-dealkylation sites (tertiary alicyclic amines) is 1. The van der Waals surface area contributed by atoms with Crippen LogP contribution in [0.5, 0.6) is 0 Å². The quantitative estimate of drug-likeness (QED) is 0.851. The van der Waals surface area contributed by atoms with Crippen molar-refractivity contribution in [1.82, 2.24) is 4.90 Å². The van der Waals surface area contributed by atoms with Crippen LogP contribution in [0.2, 0.25) is 0 Å². The topological polar surface area (TPSA) is 32.8 Å². The first-order valence-electron chi connectivity index (χ1n) is 9.54. The van der Waals surface area contributed by atoms with Gasteiger partial charge in [0.2, 0.25) is 5.91 Å². The molecule has 0 atom stereocenters. The highest BCUT2D eigenvalue weighted by molar-refractivity contribution is 5.81. The van der Waals surface area contributed by atoms with Crippen molar-refractivity contribution in [2.75, 3.05) is 31.1 Å². The van der Waals surface area contributed by atoms with E-state index in [1.807, 2.05) is 0 Å². The fourth-order valence-electron chi connectivity index (χ4n) is 3.96. The van der Waals surface area contributed by atoms with Gasteiger partial charge in [0.05, 0.1) is 12.2 Å². The normalized spacial score (nSPS) is 23.5. The van der Waals surface area contributed by atoms with Gasteiger partial charge in [0.25, 0.3) is 0 Å². The predicted molar refractivity (Wildman–Crippen MR) is 95.1 cm³/mol. The molecule has 2 saturated heterocycles. The number of rotatable bonds is 4. The molecule has 0 spiro atoms. The second kappa shape index (κ2) is 7.14. The summed E-state index contributed by atoms with van der Waals surface area (Å²) in [6.45, 7) is 3.94. The third kappa shape index (κ3) is 3.75. The average Bonchev–Trinajstić information content (AvgIpc) is 3.48. The van der Waals surface area contributed by atoms with E-state index in [-0.39, 0.29) is 0 Å². The van der Waals surface area contributed by atoms with Gasteiger partial charge in [-0.3, -0.25) is 4.79 Å². The highest BCUT2D eigenvalue weighted by Crippen LogP contribution is 2.32. The van der Waals surface area contributed by atoms with Gasteiger partial charge in [-0.25, -0.2) is 0 Å². The number of benzene rings is 1. The van der Waals surface area contributed by atoms with Gasteiger partial charge in [-0.15, -0.1) is 0 Å². The van der Waals surface area contributed by atoms with E-state index in [1.54, 1.807) is 0 Å². The lowest BCUT2D eigenvalue weighted by Crippen LogP contribution is -2.44. The molecule has 4 nitrogen and oxygen atoms in total. The monoisotopic (exact) mass is 328 g/mol. The molecular formula is C20H28N2O2. The third-order valence-electron chi connectivity index (χ3n) is 5.63. The molecule has 0 bridgehead atoms. The molecule has 4 rings (SSSR count). The lowest BCUT2D eigenvalue weighted by molar-refractivity contribution is -0.136. The number of carbonyl (C=O) groups excluding carboxylic acids is 1. The van der Waals surface area contributed by atoms with Crippen LogP contribution in [0.15, 0.2) is 30.3 Å². The van der Waals surface area contributed by atoms with Gasteiger partial charge in [0.1, 0.15) is 0 Å². The lowest BCUT2D eigenvalue weighted by Gasteiger charge is -2.38. The standard InChI is InChI=1S/C20H28N2O2/c23-20(16-6-7-16)22-14-10-19(11-15-22)24-18-8-12-21(13-9-18)17-4-2-1-3-5-17/h1-5,16,18-19H,6-15H2. The van der Waals surface area contributed by atoms with Crippen molar-refractivity contribution in [3.63, 3.8) is 0 Å². The van der Waals surface area contributed by atoms with Crippen molar-refractivity contribution < 1.29 is 9.53 Å². The number of hydrogen-bond acceptors (Lipinski definition) is 3. The molecule has 1 aromatic carbocycles. The van der Waals surface area contributed by atoms with Crippen molar-refractivity contribution in [3.8, 4) is 0 Å². The van der Waals surface area contributed by atoms with E-state index in [2.05, 4.69) is 40.1 Å². The summed E-state index contributed by atoms with van der Waals surface area (Å²) in [7, 11) is 0.